The first-order valence-electron chi connectivity index (χ1n) is 11.1. The Bertz CT molecular complexity index is 889. The number of rotatable bonds is 7. The molecule has 5 heteroatoms. The van der Waals surface area contributed by atoms with Crippen molar-refractivity contribution in [3.63, 3.8) is 0 Å². The smallest absolute Gasteiger partial charge is 0.251 e. The number of carbonyl (C=O) groups excluding carboxylic acids is 2. The number of amides is 2. The second kappa shape index (κ2) is 9.90. The lowest BCUT2D eigenvalue weighted by molar-refractivity contribution is -0.128. The molecule has 2 aromatic rings. The van der Waals surface area contributed by atoms with E-state index in [2.05, 4.69) is 28.4 Å². The number of benzene rings is 2. The molecular formula is C25H31N3O2. The molecule has 0 spiro atoms. The average Bonchev–Trinajstić information content (AvgIpc) is 3.18. The minimum absolute atomic E-state index is 0.0719. The Balaban J connectivity index is 1.37. The van der Waals surface area contributed by atoms with Crippen molar-refractivity contribution in [2.75, 3.05) is 19.6 Å². The third kappa shape index (κ3) is 5.28. The molecule has 0 atom stereocenters. The van der Waals surface area contributed by atoms with Crippen LogP contribution in [0, 0.1) is 0 Å². The van der Waals surface area contributed by atoms with E-state index in [1.165, 1.54) is 30.4 Å². The summed E-state index contributed by atoms with van der Waals surface area (Å²) in [6.45, 7) is 5.19. The summed E-state index contributed by atoms with van der Waals surface area (Å²) < 4.78 is 0. The third-order valence-corrected chi connectivity index (χ3v) is 6.13. The van der Waals surface area contributed by atoms with E-state index in [-0.39, 0.29) is 11.8 Å². The Morgan fingerprint density at radius 2 is 1.67 bits per heavy atom. The molecule has 1 N–H and O–H groups in total. The fourth-order valence-electron chi connectivity index (χ4n) is 4.42. The zero-order valence-corrected chi connectivity index (χ0v) is 17.6. The summed E-state index contributed by atoms with van der Waals surface area (Å²) in [5.74, 6) is 0.132. The first kappa shape index (κ1) is 20.6. The largest absolute Gasteiger partial charge is 0.348 e. The highest BCUT2D eigenvalue weighted by atomic mass is 16.2. The Morgan fingerprint density at radius 3 is 2.43 bits per heavy atom. The molecule has 0 radical (unpaired) electrons. The van der Waals surface area contributed by atoms with Crippen molar-refractivity contribution < 1.29 is 9.59 Å². The maximum absolute atomic E-state index is 12.8. The van der Waals surface area contributed by atoms with Gasteiger partial charge in [0, 0.05) is 38.2 Å². The highest BCUT2D eigenvalue weighted by Gasteiger charge is 2.20. The van der Waals surface area contributed by atoms with Crippen molar-refractivity contribution in [2.24, 2.45) is 0 Å². The maximum Gasteiger partial charge on any atom is 0.251 e. The van der Waals surface area contributed by atoms with Gasteiger partial charge in [-0.1, -0.05) is 42.8 Å². The van der Waals surface area contributed by atoms with Crippen LogP contribution in [0.15, 0.2) is 48.5 Å². The predicted octanol–water partition coefficient (Wildman–Crippen LogP) is 3.72. The molecule has 158 valence electrons. The van der Waals surface area contributed by atoms with Gasteiger partial charge < -0.3 is 10.2 Å². The van der Waals surface area contributed by atoms with Crippen LogP contribution in [0.1, 0.15) is 59.2 Å². The van der Waals surface area contributed by atoms with Crippen molar-refractivity contribution in [3.8, 4) is 0 Å². The molecule has 0 saturated carbocycles. The van der Waals surface area contributed by atoms with Crippen molar-refractivity contribution >= 4 is 11.8 Å². The minimum atomic E-state index is -0.0719. The number of hydrogen-bond acceptors (Lipinski definition) is 3. The van der Waals surface area contributed by atoms with Gasteiger partial charge in [0.2, 0.25) is 5.91 Å². The molecule has 30 heavy (non-hydrogen) atoms. The number of carbonyl (C=O) groups is 2. The van der Waals surface area contributed by atoms with Gasteiger partial charge in [0.1, 0.15) is 0 Å². The number of likely N-dealkylation sites (tertiary alicyclic amines) is 2. The molecule has 4 rings (SSSR count). The van der Waals surface area contributed by atoms with E-state index in [0.717, 1.165) is 38.2 Å². The van der Waals surface area contributed by atoms with Crippen LogP contribution in [-0.4, -0.2) is 41.2 Å². The van der Waals surface area contributed by atoms with Crippen molar-refractivity contribution in [1.29, 1.82) is 0 Å². The summed E-state index contributed by atoms with van der Waals surface area (Å²) in [7, 11) is 0. The van der Waals surface area contributed by atoms with Gasteiger partial charge in [-0.25, -0.2) is 0 Å². The van der Waals surface area contributed by atoms with Gasteiger partial charge in [-0.05, 0) is 61.2 Å². The zero-order valence-electron chi connectivity index (χ0n) is 17.6. The summed E-state index contributed by atoms with van der Waals surface area (Å²) in [5, 5.41) is 3.08. The monoisotopic (exact) mass is 405 g/mol. The first-order chi connectivity index (χ1) is 14.7. The molecule has 5 nitrogen and oxygen atoms in total. The standard InChI is InChI=1S/C25H31N3O2/c29-24-12-7-15-28(24)18-20-8-6-11-21(16-20)25(30)26-17-22-9-2-3-10-23(22)19-27-13-4-1-5-14-27/h2-3,6,8-11,16H,1,4-5,7,12-15,17-19H2,(H,26,30). The van der Waals surface area contributed by atoms with Gasteiger partial charge in [0.05, 0.1) is 0 Å². The van der Waals surface area contributed by atoms with Gasteiger partial charge in [0.15, 0.2) is 0 Å². The second-order valence-corrected chi connectivity index (χ2v) is 8.41. The van der Waals surface area contributed by atoms with Crippen LogP contribution in [-0.2, 0) is 24.4 Å². The molecule has 2 aromatic carbocycles. The van der Waals surface area contributed by atoms with Crippen molar-refractivity contribution in [1.82, 2.24) is 15.1 Å². The highest BCUT2D eigenvalue weighted by molar-refractivity contribution is 5.94. The Hall–Kier alpha value is -2.66. The van der Waals surface area contributed by atoms with Gasteiger partial charge in [-0.3, -0.25) is 14.5 Å². The molecule has 0 aromatic heterocycles. The SMILES string of the molecule is O=C(NCc1ccccc1CN1CCCCC1)c1cccc(CN2CCCC2=O)c1. The normalized spacial score (nSPS) is 17.3. The van der Waals surface area contributed by atoms with Gasteiger partial charge >= 0.3 is 0 Å². The quantitative estimate of drug-likeness (QED) is 0.764. The lowest BCUT2D eigenvalue weighted by Crippen LogP contribution is -2.30. The Morgan fingerprint density at radius 1 is 0.867 bits per heavy atom. The highest BCUT2D eigenvalue weighted by Crippen LogP contribution is 2.17. The first-order valence-corrected chi connectivity index (χ1v) is 11.1. The number of piperidine rings is 1. The van der Waals surface area contributed by atoms with Gasteiger partial charge in [-0.2, -0.15) is 0 Å². The van der Waals surface area contributed by atoms with E-state index in [0.29, 0.717) is 25.1 Å². The van der Waals surface area contributed by atoms with Crippen molar-refractivity contribution in [2.45, 2.75) is 51.7 Å². The van der Waals surface area contributed by atoms with Gasteiger partial charge in [-0.15, -0.1) is 0 Å². The fraction of sp³-hybridized carbons (Fsp3) is 0.440. The van der Waals surface area contributed by atoms with E-state index in [1.54, 1.807) is 0 Å². The molecule has 0 bridgehead atoms. The van der Waals surface area contributed by atoms with E-state index in [9.17, 15) is 9.59 Å². The number of hydrogen-bond donors (Lipinski definition) is 1. The van der Waals surface area contributed by atoms with E-state index < -0.39 is 0 Å². The lowest BCUT2D eigenvalue weighted by atomic mass is 10.0. The number of nitrogens with one attached hydrogen (secondary N) is 1. The van der Waals surface area contributed by atoms with E-state index in [4.69, 9.17) is 0 Å². The van der Waals surface area contributed by atoms with Crippen LogP contribution in [0.3, 0.4) is 0 Å². The van der Waals surface area contributed by atoms with Crippen molar-refractivity contribution in [3.05, 3.63) is 70.8 Å². The molecule has 2 heterocycles. The average molecular weight is 406 g/mol. The molecule has 2 aliphatic rings. The molecule has 2 amide bonds. The van der Waals surface area contributed by atoms with Crippen LogP contribution < -0.4 is 5.32 Å². The van der Waals surface area contributed by atoms with E-state index in [1.807, 2.05) is 35.2 Å². The lowest BCUT2D eigenvalue weighted by Gasteiger charge is -2.27. The Labute approximate surface area is 179 Å². The summed E-state index contributed by atoms with van der Waals surface area (Å²) in [6, 6.07) is 16.0. The Kier molecular flexibility index (Phi) is 6.80. The summed E-state index contributed by atoms with van der Waals surface area (Å²) in [5.41, 5.74) is 4.12. The van der Waals surface area contributed by atoms with Crippen LogP contribution >= 0.6 is 0 Å². The summed E-state index contributed by atoms with van der Waals surface area (Å²) >= 11 is 0. The molecule has 2 saturated heterocycles. The zero-order chi connectivity index (χ0) is 20.8. The third-order valence-electron chi connectivity index (χ3n) is 6.13. The summed E-state index contributed by atoms with van der Waals surface area (Å²) in [6.07, 6.45) is 5.45. The maximum atomic E-state index is 12.8. The van der Waals surface area contributed by atoms with Crippen LogP contribution in [0.25, 0.3) is 0 Å². The molecule has 0 aliphatic carbocycles. The van der Waals surface area contributed by atoms with Crippen LogP contribution in [0.4, 0.5) is 0 Å². The molecule has 2 aliphatic heterocycles. The molecular weight excluding hydrogens is 374 g/mol. The minimum Gasteiger partial charge on any atom is -0.348 e. The van der Waals surface area contributed by atoms with Gasteiger partial charge in [0.25, 0.3) is 5.91 Å². The van der Waals surface area contributed by atoms with Crippen LogP contribution in [0.2, 0.25) is 0 Å². The molecule has 2 fully saturated rings. The second-order valence-electron chi connectivity index (χ2n) is 8.41. The van der Waals surface area contributed by atoms with E-state index >= 15 is 0 Å². The number of nitrogens with zero attached hydrogens (tertiary/aromatic N) is 2. The topological polar surface area (TPSA) is 52.7 Å². The molecule has 0 unspecified atom stereocenters. The summed E-state index contributed by atoms with van der Waals surface area (Å²) in [4.78, 5) is 29.0. The fourth-order valence-corrected chi connectivity index (χ4v) is 4.42. The van der Waals surface area contributed by atoms with Crippen LogP contribution in [0.5, 0.6) is 0 Å². The predicted molar refractivity (Wildman–Crippen MR) is 118 cm³/mol.